The van der Waals surface area contributed by atoms with E-state index in [1.165, 1.54) is 19.1 Å². The van der Waals surface area contributed by atoms with Gasteiger partial charge in [-0.2, -0.15) is 0 Å². The standard InChI is InChI=1S/C25H29N5O6/c1-35-15-14-29-22(26)21(24(33)28-25(29)34)30(16-17-8-4-3-5-9-17)20(31)12-13-27-23(32)18-10-6-7-11-19(18)36-2/h3-11H,12-16,26H2,1-2H3,(H,27,32)(H,28,33,34). The minimum Gasteiger partial charge on any atom is -0.496 e. The monoisotopic (exact) mass is 495 g/mol. The van der Waals surface area contributed by atoms with Crippen molar-refractivity contribution >= 4 is 23.3 Å². The number of nitrogens with one attached hydrogen (secondary N) is 2. The first kappa shape index (κ1) is 26.2. The van der Waals surface area contributed by atoms with E-state index in [4.69, 9.17) is 15.2 Å². The largest absolute Gasteiger partial charge is 0.496 e. The van der Waals surface area contributed by atoms with Gasteiger partial charge in [0.2, 0.25) is 5.91 Å². The van der Waals surface area contributed by atoms with Crippen LogP contribution < -0.4 is 31.9 Å². The van der Waals surface area contributed by atoms with Crippen LogP contribution >= 0.6 is 0 Å². The Balaban J connectivity index is 1.86. The Bertz CT molecular complexity index is 1320. The summed E-state index contributed by atoms with van der Waals surface area (Å²) >= 11 is 0. The Labute approximate surface area is 207 Å². The van der Waals surface area contributed by atoms with E-state index in [-0.39, 0.29) is 44.2 Å². The molecule has 0 bridgehead atoms. The van der Waals surface area contributed by atoms with Gasteiger partial charge in [-0.05, 0) is 17.7 Å². The van der Waals surface area contributed by atoms with E-state index in [2.05, 4.69) is 10.3 Å². The Hall–Kier alpha value is -4.38. The van der Waals surface area contributed by atoms with Gasteiger partial charge in [-0.25, -0.2) is 4.79 Å². The molecule has 36 heavy (non-hydrogen) atoms. The van der Waals surface area contributed by atoms with Crippen molar-refractivity contribution in [2.45, 2.75) is 19.5 Å². The number of aromatic nitrogens is 2. The Morgan fingerprint density at radius 2 is 1.75 bits per heavy atom. The summed E-state index contributed by atoms with van der Waals surface area (Å²) in [6.45, 7) is 0.308. The smallest absolute Gasteiger partial charge is 0.330 e. The lowest BCUT2D eigenvalue weighted by Gasteiger charge is -2.25. The predicted molar refractivity (Wildman–Crippen MR) is 135 cm³/mol. The first-order valence-electron chi connectivity index (χ1n) is 11.2. The number of nitrogens with two attached hydrogens (primary N) is 1. The summed E-state index contributed by atoms with van der Waals surface area (Å²) in [5.74, 6) is -0.610. The summed E-state index contributed by atoms with van der Waals surface area (Å²) in [5.41, 5.74) is 5.67. The van der Waals surface area contributed by atoms with Gasteiger partial charge in [0.15, 0.2) is 5.69 Å². The lowest BCUT2D eigenvalue weighted by atomic mass is 10.1. The zero-order valence-corrected chi connectivity index (χ0v) is 20.2. The molecule has 1 aromatic heterocycles. The number of nitrogens with zero attached hydrogens (tertiary/aromatic N) is 2. The van der Waals surface area contributed by atoms with E-state index in [0.29, 0.717) is 11.3 Å². The molecule has 0 aliphatic heterocycles. The van der Waals surface area contributed by atoms with Crippen LogP contribution in [0.15, 0.2) is 64.2 Å². The molecule has 0 saturated heterocycles. The third-order valence-corrected chi connectivity index (χ3v) is 5.46. The van der Waals surface area contributed by atoms with Crippen LogP contribution in [0.3, 0.4) is 0 Å². The average molecular weight is 496 g/mol. The number of rotatable bonds is 11. The minimum atomic E-state index is -0.784. The Kier molecular flexibility index (Phi) is 9.01. The van der Waals surface area contributed by atoms with E-state index in [1.54, 1.807) is 48.5 Å². The van der Waals surface area contributed by atoms with Crippen molar-refractivity contribution in [2.75, 3.05) is 38.0 Å². The SMILES string of the molecule is COCCn1c(N)c(N(Cc2ccccc2)C(=O)CCNC(=O)c2ccccc2OC)c(=O)[nH]c1=O. The summed E-state index contributed by atoms with van der Waals surface area (Å²) < 4.78 is 11.4. The lowest BCUT2D eigenvalue weighted by Crippen LogP contribution is -2.42. The normalized spacial score (nSPS) is 10.6. The second kappa shape index (κ2) is 12.4. The van der Waals surface area contributed by atoms with Gasteiger partial charge in [0.25, 0.3) is 11.5 Å². The minimum absolute atomic E-state index is 0.00211. The number of amides is 2. The van der Waals surface area contributed by atoms with Gasteiger partial charge in [-0.15, -0.1) is 0 Å². The van der Waals surface area contributed by atoms with Crippen LogP contribution in [-0.4, -0.2) is 48.7 Å². The number of methoxy groups -OCH3 is 2. The van der Waals surface area contributed by atoms with Gasteiger partial charge < -0.3 is 25.4 Å². The van der Waals surface area contributed by atoms with Gasteiger partial charge in [0.05, 0.1) is 32.4 Å². The third kappa shape index (κ3) is 6.19. The summed E-state index contributed by atoms with van der Waals surface area (Å²) in [6, 6.07) is 15.8. The highest BCUT2D eigenvalue weighted by atomic mass is 16.5. The molecular weight excluding hydrogens is 466 g/mol. The maximum Gasteiger partial charge on any atom is 0.330 e. The summed E-state index contributed by atoms with van der Waals surface area (Å²) in [6.07, 6.45) is -0.121. The van der Waals surface area contributed by atoms with Crippen LogP contribution in [0.25, 0.3) is 0 Å². The van der Waals surface area contributed by atoms with Crippen molar-refractivity contribution < 1.29 is 19.1 Å². The van der Waals surface area contributed by atoms with Crippen molar-refractivity contribution in [3.8, 4) is 5.75 Å². The van der Waals surface area contributed by atoms with Crippen molar-refractivity contribution in [3.05, 3.63) is 86.6 Å². The molecule has 0 saturated carbocycles. The van der Waals surface area contributed by atoms with Crippen molar-refractivity contribution in [3.63, 3.8) is 0 Å². The van der Waals surface area contributed by atoms with Crippen LogP contribution in [-0.2, 0) is 22.6 Å². The number of hydrogen-bond donors (Lipinski definition) is 3. The van der Waals surface area contributed by atoms with Gasteiger partial charge in [-0.3, -0.25) is 23.9 Å². The summed E-state index contributed by atoms with van der Waals surface area (Å²) in [5, 5.41) is 2.70. The summed E-state index contributed by atoms with van der Waals surface area (Å²) in [4.78, 5) is 54.5. The molecule has 190 valence electrons. The molecule has 0 spiro atoms. The molecule has 1 heterocycles. The van der Waals surface area contributed by atoms with Crippen molar-refractivity contribution in [1.29, 1.82) is 0 Å². The number of anilines is 2. The van der Waals surface area contributed by atoms with Crippen LogP contribution in [0.4, 0.5) is 11.5 Å². The second-order valence-electron chi connectivity index (χ2n) is 7.81. The third-order valence-electron chi connectivity index (χ3n) is 5.46. The highest BCUT2D eigenvalue weighted by molar-refractivity contribution is 5.98. The highest BCUT2D eigenvalue weighted by Crippen LogP contribution is 2.21. The van der Waals surface area contributed by atoms with E-state index in [9.17, 15) is 19.2 Å². The Morgan fingerprint density at radius 1 is 1.06 bits per heavy atom. The lowest BCUT2D eigenvalue weighted by molar-refractivity contribution is -0.118. The fourth-order valence-corrected chi connectivity index (χ4v) is 3.65. The fraction of sp³-hybridized carbons (Fsp3) is 0.280. The van der Waals surface area contributed by atoms with Gasteiger partial charge in [0, 0.05) is 20.1 Å². The molecule has 11 nitrogen and oxygen atoms in total. The zero-order valence-electron chi connectivity index (χ0n) is 20.2. The van der Waals surface area contributed by atoms with Crippen LogP contribution in [0.1, 0.15) is 22.3 Å². The van der Waals surface area contributed by atoms with Crippen LogP contribution in [0.5, 0.6) is 5.75 Å². The number of nitrogen functional groups attached to an aromatic ring is 1. The molecule has 0 radical (unpaired) electrons. The molecule has 3 rings (SSSR count). The number of carbonyl (C=O) groups is 2. The van der Waals surface area contributed by atoms with E-state index < -0.39 is 23.1 Å². The van der Waals surface area contributed by atoms with Crippen molar-refractivity contribution in [2.24, 2.45) is 0 Å². The van der Waals surface area contributed by atoms with Crippen LogP contribution in [0.2, 0.25) is 0 Å². The van der Waals surface area contributed by atoms with Gasteiger partial charge in [-0.1, -0.05) is 42.5 Å². The molecule has 2 aromatic carbocycles. The number of ether oxygens (including phenoxy) is 2. The van der Waals surface area contributed by atoms with Crippen LogP contribution in [0, 0.1) is 0 Å². The summed E-state index contributed by atoms with van der Waals surface area (Å²) in [7, 11) is 2.93. The molecule has 2 amide bonds. The van der Waals surface area contributed by atoms with E-state index >= 15 is 0 Å². The molecule has 0 unspecified atom stereocenters. The molecule has 3 aromatic rings. The first-order valence-corrected chi connectivity index (χ1v) is 11.2. The maximum atomic E-state index is 13.3. The van der Waals surface area contributed by atoms with Crippen molar-refractivity contribution in [1.82, 2.24) is 14.9 Å². The fourth-order valence-electron chi connectivity index (χ4n) is 3.65. The second-order valence-corrected chi connectivity index (χ2v) is 7.81. The number of H-pyrrole nitrogens is 1. The topological polar surface area (TPSA) is 149 Å². The van der Waals surface area contributed by atoms with E-state index in [0.717, 1.165) is 10.1 Å². The van der Waals surface area contributed by atoms with E-state index in [1.807, 2.05) is 6.07 Å². The molecule has 0 aliphatic rings. The maximum absolute atomic E-state index is 13.3. The number of hydrogen-bond acceptors (Lipinski definition) is 7. The average Bonchev–Trinajstić information content (AvgIpc) is 2.88. The molecule has 4 N–H and O–H groups in total. The Morgan fingerprint density at radius 3 is 2.44 bits per heavy atom. The molecule has 0 aliphatic carbocycles. The quantitative estimate of drug-likeness (QED) is 0.361. The van der Waals surface area contributed by atoms with Gasteiger partial charge in [0.1, 0.15) is 11.6 Å². The highest BCUT2D eigenvalue weighted by Gasteiger charge is 2.24. The molecule has 0 fully saturated rings. The van der Waals surface area contributed by atoms with Gasteiger partial charge >= 0.3 is 5.69 Å². The molecular formula is C25H29N5O6. The number of aromatic amines is 1. The first-order chi connectivity index (χ1) is 17.4. The molecule has 11 heteroatoms. The predicted octanol–water partition coefficient (Wildman–Crippen LogP) is 1.13. The number of benzene rings is 2. The number of para-hydroxylation sites is 1. The zero-order chi connectivity index (χ0) is 26.1. The number of carbonyl (C=O) groups excluding carboxylic acids is 2. The molecule has 0 atom stereocenters.